The number of urea groups is 1. The van der Waals surface area contributed by atoms with Gasteiger partial charge in [0.05, 0.1) is 0 Å². The third-order valence-electron chi connectivity index (χ3n) is 3.67. The van der Waals surface area contributed by atoms with Crippen molar-refractivity contribution >= 4 is 12.0 Å². The second-order valence-electron chi connectivity index (χ2n) is 6.54. The third kappa shape index (κ3) is 4.37. The molecule has 1 heterocycles. The highest BCUT2D eigenvalue weighted by Gasteiger charge is 2.31. The van der Waals surface area contributed by atoms with Crippen LogP contribution in [0.3, 0.4) is 0 Å². The first-order valence-corrected chi connectivity index (χ1v) is 7.15. The monoisotopic (exact) mass is 285 g/mol. The lowest BCUT2D eigenvalue weighted by Gasteiger charge is -2.43. The fourth-order valence-corrected chi connectivity index (χ4v) is 2.37. The molecule has 1 saturated heterocycles. The second-order valence-corrected chi connectivity index (χ2v) is 6.54. The minimum atomic E-state index is -0.972. The van der Waals surface area contributed by atoms with Gasteiger partial charge in [-0.2, -0.15) is 0 Å². The van der Waals surface area contributed by atoms with Gasteiger partial charge in [-0.25, -0.2) is 4.79 Å². The lowest BCUT2D eigenvalue weighted by atomic mass is 10.1. The Kier molecular flexibility index (Phi) is 5.39. The summed E-state index contributed by atoms with van der Waals surface area (Å²) in [5, 5.41) is 8.91. The maximum atomic E-state index is 12.4. The number of rotatable bonds is 3. The molecule has 0 unspecified atom stereocenters. The first kappa shape index (κ1) is 16.8. The molecule has 0 aliphatic carbocycles. The number of carboxylic acid groups (broad SMARTS) is 1. The van der Waals surface area contributed by atoms with Crippen LogP contribution >= 0.6 is 0 Å². The van der Waals surface area contributed by atoms with Crippen molar-refractivity contribution < 1.29 is 14.7 Å². The largest absolute Gasteiger partial charge is 0.480 e. The Morgan fingerprint density at radius 1 is 1.15 bits per heavy atom. The smallest absolute Gasteiger partial charge is 0.323 e. The minimum absolute atomic E-state index is 0.105. The predicted octanol–water partition coefficient (Wildman–Crippen LogP) is 1.32. The number of nitrogens with zero attached hydrogens (tertiary/aromatic N) is 3. The van der Waals surface area contributed by atoms with Crippen molar-refractivity contribution in [3.63, 3.8) is 0 Å². The van der Waals surface area contributed by atoms with E-state index in [2.05, 4.69) is 25.7 Å². The molecule has 6 nitrogen and oxygen atoms in total. The standard InChI is InChI=1S/C14H27N3O3/c1-11(2)17(10-12(18)19)13(20)15-6-8-16(9-7-15)14(3,4)5/h11H,6-10H2,1-5H3,(H,18,19). The Hall–Kier alpha value is -1.30. The van der Waals surface area contributed by atoms with Crippen molar-refractivity contribution in [3.8, 4) is 0 Å². The summed E-state index contributed by atoms with van der Waals surface area (Å²) in [5.41, 5.74) is 0.105. The van der Waals surface area contributed by atoms with Gasteiger partial charge in [0.2, 0.25) is 0 Å². The van der Waals surface area contributed by atoms with E-state index in [9.17, 15) is 9.59 Å². The van der Waals surface area contributed by atoms with Crippen molar-refractivity contribution in [1.82, 2.24) is 14.7 Å². The van der Waals surface area contributed by atoms with E-state index < -0.39 is 5.97 Å². The van der Waals surface area contributed by atoms with Crippen LogP contribution in [0.15, 0.2) is 0 Å². The van der Waals surface area contributed by atoms with Crippen molar-refractivity contribution in [2.75, 3.05) is 32.7 Å². The van der Waals surface area contributed by atoms with Crippen molar-refractivity contribution in [2.24, 2.45) is 0 Å². The average Bonchev–Trinajstić information content (AvgIpc) is 2.33. The first-order valence-electron chi connectivity index (χ1n) is 7.15. The van der Waals surface area contributed by atoms with E-state index >= 15 is 0 Å². The zero-order valence-electron chi connectivity index (χ0n) is 13.2. The molecule has 0 aromatic heterocycles. The number of carbonyl (C=O) groups is 2. The SMILES string of the molecule is CC(C)N(CC(=O)O)C(=O)N1CCN(C(C)(C)C)CC1. The summed E-state index contributed by atoms with van der Waals surface area (Å²) in [4.78, 5) is 28.8. The van der Waals surface area contributed by atoms with Gasteiger partial charge < -0.3 is 14.9 Å². The van der Waals surface area contributed by atoms with Gasteiger partial charge >= 0.3 is 12.0 Å². The normalized spacial score (nSPS) is 17.4. The molecule has 0 aromatic carbocycles. The number of carbonyl (C=O) groups excluding carboxylic acids is 1. The summed E-state index contributed by atoms with van der Waals surface area (Å²) in [6.07, 6.45) is 0. The van der Waals surface area contributed by atoms with Crippen LogP contribution in [0.4, 0.5) is 4.79 Å². The Bertz CT molecular complexity index is 355. The molecule has 0 aromatic rings. The van der Waals surface area contributed by atoms with Crippen LogP contribution in [-0.2, 0) is 4.79 Å². The fourth-order valence-electron chi connectivity index (χ4n) is 2.37. The van der Waals surface area contributed by atoms with Gasteiger partial charge in [0.1, 0.15) is 6.54 Å². The summed E-state index contributed by atoms with van der Waals surface area (Å²) in [6.45, 7) is 12.9. The van der Waals surface area contributed by atoms with E-state index in [0.717, 1.165) is 13.1 Å². The van der Waals surface area contributed by atoms with Crippen LogP contribution in [0.2, 0.25) is 0 Å². The molecule has 116 valence electrons. The second kappa shape index (κ2) is 6.43. The summed E-state index contributed by atoms with van der Waals surface area (Å²) >= 11 is 0. The van der Waals surface area contributed by atoms with Crippen molar-refractivity contribution in [2.45, 2.75) is 46.2 Å². The van der Waals surface area contributed by atoms with Gasteiger partial charge in [-0.15, -0.1) is 0 Å². The number of aliphatic carboxylic acids is 1. The van der Waals surface area contributed by atoms with Crippen LogP contribution in [0.25, 0.3) is 0 Å². The summed E-state index contributed by atoms with van der Waals surface area (Å²) < 4.78 is 0. The molecular weight excluding hydrogens is 258 g/mol. The zero-order valence-corrected chi connectivity index (χ0v) is 13.2. The number of carboxylic acids is 1. The first-order chi connectivity index (χ1) is 9.12. The van der Waals surface area contributed by atoms with Gasteiger partial charge in [-0.1, -0.05) is 0 Å². The van der Waals surface area contributed by atoms with E-state index in [4.69, 9.17) is 5.11 Å². The van der Waals surface area contributed by atoms with Crippen molar-refractivity contribution in [3.05, 3.63) is 0 Å². The minimum Gasteiger partial charge on any atom is -0.480 e. The molecule has 0 radical (unpaired) electrons. The molecule has 0 bridgehead atoms. The Morgan fingerprint density at radius 3 is 2.00 bits per heavy atom. The molecule has 0 atom stereocenters. The molecule has 0 spiro atoms. The third-order valence-corrected chi connectivity index (χ3v) is 3.67. The van der Waals surface area contributed by atoms with Gasteiger partial charge in [0.25, 0.3) is 0 Å². The Labute approximate surface area is 121 Å². The Morgan fingerprint density at radius 2 is 1.65 bits per heavy atom. The average molecular weight is 285 g/mol. The molecule has 1 fully saturated rings. The van der Waals surface area contributed by atoms with E-state index in [1.54, 1.807) is 4.90 Å². The molecule has 20 heavy (non-hydrogen) atoms. The molecule has 1 N–H and O–H groups in total. The highest BCUT2D eigenvalue weighted by Crippen LogP contribution is 2.17. The maximum Gasteiger partial charge on any atom is 0.323 e. The topological polar surface area (TPSA) is 64.1 Å². The summed E-state index contributed by atoms with van der Waals surface area (Å²) in [5.74, 6) is -0.972. The lowest BCUT2D eigenvalue weighted by molar-refractivity contribution is -0.138. The van der Waals surface area contributed by atoms with E-state index in [0.29, 0.717) is 13.1 Å². The van der Waals surface area contributed by atoms with Gasteiger partial charge in [-0.3, -0.25) is 9.69 Å². The summed E-state index contributed by atoms with van der Waals surface area (Å²) in [6, 6.07) is -0.282. The van der Waals surface area contributed by atoms with Crippen LogP contribution in [0, 0.1) is 0 Å². The highest BCUT2D eigenvalue weighted by atomic mass is 16.4. The van der Waals surface area contributed by atoms with E-state index in [-0.39, 0.29) is 24.2 Å². The number of piperazine rings is 1. The molecular formula is C14H27N3O3. The number of hydrogen-bond acceptors (Lipinski definition) is 3. The zero-order chi connectivity index (χ0) is 15.5. The lowest BCUT2D eigenvalue weighted by Crippen LogP contribution is -2.58. The predicted molar refractivity (Wildman–Crippen MR) is 77.8 cm³/mol. The maximum absolute atomic E-state index is 12.4. The van der Waals surface area contributed by atoms with Crippen LogP contribution < -0.4 is 0 Å². The van der Waals surface area contributed by atoms with Gasteiger partial charge in [-0.05, 0) is 34.6 Å². The highest BCUT2D eigenvalue weighted by molar-refractivity contribution is 5.80. The van der Waals surface area contributed by atoms with Crippen LogP contribution in [0.5, 0.6) is 0 Å². The molecule has 2 amide bonds. The number of hydrogen-bond donors (Lipinski definition) is 1. The van der Waals surface area contributed by atoms with E-state index in [1.165, 1.54) is 4.90 Å². The molecule has 1 rings (SSSR count). The summed E-state index contributed by atoms with van der Waals surface area (Å²) in [7, 11) is 0. The van der Waals surface area contributed by atoms with Gasteiger partial charge in [0, 0.05) is 37.8 Å². The molecule has 1 aliphatic rings. The number of amides is 2. The van der Waals surface area contributed by atoms with Crippen LogP contribution in [0.1, 0.15) is 34.6 Å². The molecule has 0 saturated carbocycles. The van der Waals surface area contributed by atoms with Crippen LogP contribution in [-0.4, -0.2) is 76.1 Å². The Balaban J connectivity index is 2.63. The molecule has 1 aliphatic heterocycles. The fraction of sp³-hybridized carbons (Fsp3) is 0.857. The quantitative estimate of drug-likeness (QED) is 0.849. The van der Waals surface area contributed by atoms with Crippen molar-refractivity contribution in [1.29, 1.82) is 0 Å². The molecule has 6 heteroatoms. The van der Waals surface area contributed by atoms with Gasteiger partial charge in [0.15, 0.2) is 0 Å². The van der Waals surface area contributed by atoms with E-state index in [1.807, 2.05) is 13.8 Å².